The van der Waals surface area contributed by atoms with E-state index >= 15 is 0 Å². The van der Waals surface area contributed by atoms with Crippen LogP contribution in [0.25, 0.3) is 10.2 Å². The Balaban J connectivity index is 1.60. The second-order valence-corrected chi connectivity index (χ2v) is 8.58. The molecule has 0 aliphatic rings. The van der Waals surface area contributed by atoms with Gasteiger partial charge in [-0.25, -0.2) is 9.78 Å². The maximum atomic E-state index is 13.5. The Bertz CT molecular complexity index is 1340. The molecule has 8 heteroatoms. The molecule has 2 amide bonds. The molecule has 0 radical (unpaired) electrons. The van der Waals surface area contributed by atoms with Crippen LogP contribution in [-0.2, 0) is 16.0 Å². The first-order chi connectivity index (χ1) is 16.5. The summed E-state index contributed by atoms with van der Waals surface area (Å²) in [7, 11) is 2.96. The van der Waals surface area contributed by atoms with Crippen molar-refractivity contribution in [3.8, 4) is 0 Å². The van der Waals surface area contributed by atoms with Gasteiger partial charge in [-0.05, 0) is 42.0 Å². The van der Waals surface area contributed by atoms with E-state index in [1.165, 1.54) is 29.4 Å². The van der Waals surface area contributed by atoms with Crippen LogP contribution < -0.4 is 10.2 Å². The molecule has 4 aromatic rings. The number of likely N-dealkylation sites (N-methyl/N-ethyl adjacent to an activating group) is 1. The third-order valence-electron chi connectivity index (χ3n) is 5.46. The number of nitrogens with zero attached hydrogens (tertiary/aromatic N) is 2. The molecule has 1 heterocycles. The van der Waals surface area contributed by atoms with Gasteiger partial charge in [-0.15, -0.1) is 11.3 Å². The Hall–Kier alpha value is -4.04. The van der Waals surface area contributed by atoms with Crippen LogP contribution in [0.3, 0.4) is 0 Å². The third kappa shape index (κ3) is 5.13. The van der Waals surface area contributed by atoms with Gasteiger partial charge < -0.3 is 15.0 Å². The molecule has 3 aromatic carbocycles. The molecule has 0 bridgehead atoms. The number of hydrogen-bond donors (Lipinski definition) is 1. The van der Waals surface area contributed by atoms with Crippen LogP contribution in [0.15, 0.2) is 78.3 Å². The van der Waals surface area contributed by atoms with E-state index < -0.39 is 17.9 Å². The van der Waals surface area contributed by atoms with Crippen molar-refractivity contribution < 1.29 is 19.1 Å². The van der Waals surface area contributed by atoms with Crippen LogP contribution in [0.2, 0.25) is 0 Å². The van der Waals surface area contributed by atoms with E-state index in [2.05, 4.69) is 10.3 Å². The number of methoxy groups -OCH3 is 1. The number of carbonyl (C=O) groups is 3. The SMILES string of the molecule is COC(=O)c1cccc(C(=O)NC(Cc2ccccc2)C(=O)N(C)c2ccc3scnc3c2)c1. The lowest BCUT2D eigenvalue weighted by Gasteiger charge is -2.25. The lowest BCUT2D eigenvalue weighted by molar-refractivity contribution is -0.120. The first-order valence-corrected chi connectivity index (χ1v) is 11.5. The highest BCUT2D eigenvalue weighted by atomic mass is 32.1. The van der Waals surface area contributed by atoms with Crippen LogP contribution in [0.5, 0.6) is 0 Å². The summed E-state index contributed by atoms with van der Waals surface area (Å²) in [6.07, 6.45) is 0.311. The maximum absolute atomic E-state index is 13.5. The number of benzene rings is 3. The molecule has 1 atom stereocenters. The highest BCUT2D eigenvalue weighted by Crippen LogP contribution is 2.24. The van der Waals surface area contributed by atoms with E-state index in [0.29, 0.717) is 12.1 Å². The Morgan fingerprint density at radius 3 is 2.53 bits per heavy atom. The molecule has 0 saturated heterocycles. The van der Waals surface area contributed by atoms with Crippen molar-refractivity contribution in [3.63, 3.8) is 0 Å². The van der Waals surface area contributed by atoms with E-state index in [4.69, 9.17) is 4.74 Å². The van der Waals surface area contributed by atoms with Gasteiger partial charge in [0.25, 0.3) is 5.91 Å². The van der Waals surface area contributed by atoms with Crippen molar-refractivity contribution in [1.82, 2.24) is 10.3 Å². The summed E-state index contributed by atoms with van der Waals surface area (Å²) in [5.41, 5.74) is 4.69. The number of amides is 2. The van der Waals surface area contributed by atoms with Gasteiger partial charge in [0, 0.05) is 24.7 Å². The van der Waals surface area contributed by atoms with Gasteiger partial charge in [0.1, 0.15) is 6.04 Å². The van der Waals surface area contributed by atoms with Gasteiger partial charge in [-0.1, -0.05) is 36.4 Å². The lowest BCUT2D eigenvalue weighted by atomic mass is 10.0. The molecule has 0 aliphatic heterocycles. The summed E-state index contributed by atoms with van der Waals surface area (Å²) in [5, 5.41) is 2.85. The first kappa shape index (κ1) is 23.1. The Labute approximate surface area is 201 Å². The zero-order valence-corrected chi connectivity index (χ0v) is 19.5. The predicted octanol–water partition coefficient (Wildman–Crippen LogP) is 4.09. The number of fused-ring (bicyclic) bond motifs is 1. The van der Waals surface area contributed by atoms with Crippen LogP contribution in [-0.4, -0.2) is 43.0 Å². The van der Waals surface area contributed by atoms with Crippen molar-refractivity contribution in [2.75, 3.05) is 19.1 Å². The Kier molecular flexibility index (Phi) is 6.98. The number of ether oxygens (including phenoxy) is 1. The largest absolute Gasteiger partial charge is 0.465 e. The van der Waals surface area contributed by atoms with Gasteiger partial charge in [0.05, 0.1) is 28.4 Å². The van der Waals surface area contributed by atoms with Crippen molar-refractivity contribution in [2.24, 2.45) is 0 Å². The number of rotatable bonds is 7. The second kappa shape index (κ2) is 10.3. The van der Waals surface area contributed by atoms with Gasteiger partial charge in [0.2, 0.25) is 5.91 Å². The highest BCUT2D eigenvalue weighted by Gasteiger charge is 2.26. The van der Waals surface area contributed by atoms with E-state index in [0.717, 1.165) is 15.8 Å². The topological polar surface area (TPSA) is 88.6 Å². The molecule has 4 rings (SSSR count). The molecule has 172 valence electrons. The average molecular weight is 474 g/mol. The van der Waals surface area contributed by atoms with E-state index in [1.807, 2.05) is 48.5 Å². The number of thiazole rings is 1. The summed E-state index contributed by atoms with van der Waals surface area (Å²) < 4.78 is 5.77. The quantitative estimate of drug-likeness (QED) is 0.409. The zero-order chi connectivity index (χ0) is 24.1. The average Bonchev–Trinajstić information content (AvgIpc) is 3.35. The third-order valence-corrected chi connectivity index (χ3v) is 6.27. The number of anilines is 1. The summed E-state index contributed by atoms with van der Waals surface area (Å²) in [4.78, 5) is 44.3. The highest BCUT2D eigenvalue weighted by molar-refractivity contribution is 7.16. The monoisotopic (exact) mass is 473 g/mol. The van der Waals surface area contributed by atoms with Crippen LogP contribution in [0, 0.1) is 0 Å². The normalized spacial score (nSPS) is 11.6. The Morgan fingerprint density at radius 1 is 1.00 bits per heavy atom. The molecule has 1 N–H and O–H groups in total. The minimum Gasteiger partial charge on any atom is -0.465 e. The number of nitrogens with one attached hydrogen (secondary N) is 1. The van der Waals surface area contributed by atoms with Crippen LogP contribution in [0.1, 0.15) is 26.3 Å². The molecule has 0 fully saturated rings. The molecule has 1 unspecified atom stereocenters. The van der Waals surface area contributed by atoms with Gasteiger partial charge in [-0.3, -0.25) is 9.59 Å². The molecule has 0 saturated carbocycles. The summed E-state index contributed by atoms with van der Waals surface area (Å²) >= 11 is 1.53. The number of aromatic nitrogens is 1. The van der Waals surface area contributed by atoms with Crippen molar-refractivity contribution in [2.45, 2.75) is 12.5 Å². The summed E-state index contributed by atoms with van der Waals surface area (Å²) in [6, 6.07) is 20.5. The minimum atomic E-state index is -0.826. The fraction of sp³-hybridized carbons (Fsp3) is 0.154. The Morgan fingerprint density at radius 2 is 1.76 bits per heavy atom. The molecular formula is C26H23N3O4S. The lowest BCUT2D eigenvalue weighted by Crippen LogP contribution is -2.48. The van der Waals surface area contributed by atoms with Crippen molar-refractivity contribution in [3.05, 3.63) is 95.0 Å². The second-order valence-electron chi connectivity index (χ2n) is 7.69. The minimum absolute atomic E-state index is 0.259. The van der Waals surface area contributed by atoms with Gasteiger partial charge in [-0.2, -0.15) is 0 Å². The molecular weight excluding hydrogens is 450 g/mol. The fourth-order valence-corrected chi connectivity index (χ4v) is 4.27. The van der Waals surface area contributed by atoms with E-state index in [1.54, 1.807) is 30.8 Å². The molecule has 7 nitrogen and oxygen atoms in total. The predicted molar refractivity (Wildman–Crippen MR) is 132 cm³/mol. The van der Waals surface area contributed by atoms with Crippen molar-refractivity contribution in [1.29, 1.82) is 0 Å². The molecule has 0 spiro atoms. The molecule has 34 heavy (non-hydrogen) atoms. The summed E-state index contributed by atoms with van der Waals surface area (Å²) in [6.45, 7) is 0. The fourth-order valence-electron chi connectivity index (χ4n) is 3.61. The van der Waals surface area contributed by atoms with Crippen molar-refractivity contribution >= 4 is 45.0 Å². The van der Waals surface area contributed by atoms with E-state index in [9.17, 15) is 14.4 Å². The zero-order valence-electron chi connectivity index (χ0n) is 18.7. The van der Waals surface area contributed by atoms with Crippen LogP contribution in [0.4, 0.5) is 5.69 Å². The number of hydrogen-bond acceptors (Lipinski definition) is 6. The molecule has 1 aromatic heterocycles. The first-order valence-electron chi connectivity index (χ1n) is 10.6. The maximum Gasteiger partial charge on any atom is 0.337 e. The van der Waals surface area contributed by atoms with Crippen LogP contribution >= 0.6 is 11.3 Å². The standard InChI is InChI=1S/C26H23N3O4S/c1-29(20-11-12-23-21(15-20)27-16-34-23)25(31)22(13-17-7-4-3-5-8-17)28-24(30)18-9-6-10-19(14-18)26(32)33-2/h3-12,14-16,22H,13H2,1-2H3,(H,28,30). The number of carbonyl (C=O) groups excluding carboxylic acids is 3. The summed E-state index contributed by atoms with van der Waals surface area (Å²) in [5.74, 6) is -1.26. The van der Waals surface area contributed by atoms with Gasteiger partial charge in [0.15, 0.2) is 0 Å². The van der Waals surface area contributed by atoms with E-state index in [-0.39, 0.29) is 17.0 Å². The molecule has 0 aliphatic carbocycles. The van der Waals surface area contributed by atoms with Gasteiger partial charge >= 0.3 is 5.97 Å². The smallest absolute Gasteiger partial charge is 0.337 e. The number of esters is 1.